The van der Waals surface area contributed by atoms with Crippen LogP contribution in [-0.2, 0) is 0 Å². The molecule has 0 spiro atoms. The summed E-state index contributed by atoms with van der Waals surface area (Å²) in [5.41, 5.74) is 2.56. The Balaban J connectivity index is 1.60. The Morgan fingerprint density at radius 2 is 1.74 bits per heavy atom. The van der Waals surface area contributed by atoms with Crippen LogP contribution in [0.5, 0.6) is 0 Å². The first-order valence-corrected chi connectivity index (χ1v) is 13.1. The minimum Gasteiger partial charge on any atom is -0.392 e. The second-order valence-corrected chi connectivity index (χ2v) is 13.1. The molecule has 0 aromatic carbocycles. The van der Waals surface area contributed by atoms with Crippen LogP contribution in [0.1, 0.15) is 106 Å². The van der Waals surface area contributed by atoms with Crippen molar-refractivity contribution in [1.29, 1.82) is 0 Å². The van der Waals surface area contributed by atoms with E-state index in [-0.39, 0.29) is 22.3 Å². The molecule has 4 aliphatic rings. The second kappa shape index (κ2) is 7.73. The molecule has 0 aromatic heterocycles. The van der Waals surface area contributed by atoms with Crippen molar-refractivity contribution in [3.63, 3.8) is 0 Å². The minimum atomic E-state index is -0.523. The Hall–Kier alpha value is -0.600. The van der Waals surface area contributed by atoms with Crippen LogP contribution >= 0.6 is 0 Å². The van der Waals surface area contributed by atoms with Gasteiger partial charge in [0.1, 0.15) is 0 Å². The number of fused-ring (bicyclic) bond motifs is 5. The molecule has 4 rings (SSSR count). The summed E-state index contributed by atoms with van der Waals surface area (Å²) in [6, 6.07) is 0. The molecule has 3 fully saturated rings. The highest BCUT2D eigenvalue weighted by atomic mass is 16.3. The third kappa shape index (κ3) is 3.33. The van der Waals surface area contributed by atoms with E-state index in [1.807, 2.05) is 0 Å². The van der Waals surface area contributed by atoms with Crippen LogP contribution in [0.25, 0.3) is 0 Å². The largest absolute Gasteiger partial charge is 0.392 e. The normalized spacial score (nSPS) is 46.9. The molecule has 176 valence electrons. The Kier molecular flexibility index (Phi) is 5.87. The highest BCUT2D eigenvalue weighted by molar-refractivity contribution is 5.31. The van der Waals surface area contributed by atoms with Crippen molar-refractivity contribution >= 4 is 0 Å². The van der Waals surface area contributed by atoms with E-state index in [4.69, 9.17) is 0 Å². The molecule has 0 heterocycles. The minimum absolute atomic E-state index is 0.0456. The lowest BCUT2D eigenvalue weighted by Crippen LogP contribution is -2.58. The molecule has 0 aliphatic heterocycles. The highest BCUT2D eigenvalue weighted by Crippen LogP contribution is 2.69. The fourth-order valence-corrected chi connectivity index (χ4v) is 9.11. The van der Waals surface area contributed by atoms with Gasteiger partial charge in [0.2, 0.25) is 0 Å². The molecule has 4 aliphatic carbocycles. The summed E-state index contributed by atoms with van der Waals surface area (Å²) >= 11 is 0. The van der Waals surface area contributed by atoms with Gasteiger partial charge in [0.15, 0.2) is 0 Å². The van der Waals surface area contributed by atoms with Crippen molar-refractivity contribution in [2.75, 3.05) is 0 Å². The Morgan fingerprint density at radius 3 is 2.42 bits per heavy atom. The van der Waals surface area contributed by atoms with E-state index in [1.54, 1.807) is 0 Å². The molecular weight excluding hydrogens is 380 g/mol. The third-order valence-corrected chi connectivity index (χ3v) is 11.1. The van der Waals surface area contributed by atoms with Gasteiger partial charge in [-0.05, 0) is 106 Å². The standard InChI is InChI=1S/C29H48O2/c1-19(2)9-8-10-20(3)29(31)18-14-23-21-11-12-24-26(4,5)25(30)15-16-27(24,6)22(21)13-17-28(23,29)7/h9,12,20-23,25,30-31H,8,10-11,13-18H2,1-7H3/t20-,21-,22+,23+,25-,27-,28+,29+/m1/s1. The van der Waals surface area contributed by atoms with Crippen molar-refractivity contribution in [2.24, 2.45) is 39.9 Å². The summed E-state index contributed by atoms with van der Waals surface area (Å²) in [5.74, 6) is 2.38. The van der Waals surface area contributed by atoms with Crippen molar-refractivity contribution < 1.29 is 10.2 Å². The van der Waals surface area contributed by atoms with Gasteiger partial charge in [-0.2, -0.15) is 0 Å². The number of aliphatic hydroxyl groups is 2. The fraction of sp³-hybridized carbons (Fsp3) is 0.862. The van der Waals surface area contributed by atoms with Crippen LogP contribution in [0.15, 0.2) is 23.3 Å². The molecule has 2 heteroatoms. The van der Waals surface area contributed by atoms with Crippen molar-refractivity contribution in [3.05, 3.63) is 23.3 Å². The van der Waals surface area contributed by atoms with E-state index in [0.717, 1.165) is 44.9 Å². The van der Waals surface area contributed by atoms with Crippen molar-refractivity contribution in [3.8, 4) is 0 Å². The molecule has 31 heavy (non-hydrogen) atoms. The quantitative estimate of drug-likeness (QED) is 0.471. The van der Waals surface area contributed by atoms with Crippen LogP contribution in [0.2, 0.25) is 0 Å². The van der Waals surface area contributed by atoms with E-state index >= 15 is 0 Å². The molecule has 0 saturated heterocycles. The molecule has 3 saturated carbocycles. The van der Waals surface area contributed by atoms with Gasteiger partial charge in [-0.25, -0.2) is 0 Å². The average Bonchev–Trinajstić information content (AvgIpc) is 2.97. The summed E-state index contributed by atoms with van der Waals surface area (Å²) in [5, 5.41) is 22.8. The summed E-state index contributed by atoms with van der Waals surface area (Å²) in [7, 11) is 0. The van der Waals surface area contributed by atoms with Crippen LogP contribution in [-0.4, -0.2) is 21.9 Å². The van der Waals surface area contributed by atoms with Crippen LogP contribution in [0, 0.1) is 39.9 Å². The van der Waals surface area contributed by atoms with E-state index < -0.39 is 5.60 Å². The van der Waals surface area contributed by atoms with E-state index in [2.05, 4.69) is 60.6 Å². The molecule has 8 atom stereocenters. The predicted molar refractivity (Wildman–Crippen MR) is 130 cm³/mol. The van der Waals surface area contributed by atoms with E-state index in [9.17, 15) is 10.2 Å². The van der Waals surface area contributed by atoms with Crippen LogP contribution < -0.4 is 0 Å². The van der Waals surface area contributed by atoms with Crippen molar-refractivity contribution in [1.82, 2.24) is 0 Å². The monoisotopic (exact) mass is 428 g/mol. The maximum absolute atomic E-state index is 12.1. The molecule has 2 N–H and O–H groups in total. The predicted octanol–water partition coefficient (Wildman–Crippen LogP) is 7.06. The van der Waals surface area contributed by atoms with E-state index in [1.165, 1.54) is 24.0 Å². The zero-order valence-electron chi connectivity index (χ0n) is 21.3. The average molecular weight is 429 g/mol. The van der Waals surface area contributed by atoms with Crippen LogP contribution in [0.3, 0.4) is 0 Å². The molecule has 0 radical (unpaired) electrons. The first kappa shape index (κ1) is 23.6. The van der Waals surface area contributed by atoms with Gasteiger partial charge in [0, 0.05) is 5.41 Å². The third-order valence-electron chi connectivity index (χ3n) is 11.1. The Morgan fingerprint density at radius 1 is 1.06 bits per heavy atom. The fourth-order valence-electron chi connectivity index (χ4n) is 9.11. The van der Waals surface area contributed by atoms with Gasteiger partial charge in [-0.3, -0.25) is 0 Å². The smallest absolute Gasteiger partial charge is 0.0729 e. The second-order valence-electron chi connectivity index (χ2n) is 13.1. The molecule has 0 unspecified atom stereocenters. The van der Waals surface area contributed by atoms with E-state index in [0.29, 0.717) is 23.7 Å². The number of allylic oxidation sites excluding steroid dienone is 3. The zero-order chi connectivity index (χ0) is 22.8. The number of hydrogen-bond donors (Lipinski definition) is 2. The SMILES string of the molecule is CC(C)=CCC[C@@H](C)[C@@]1(O)CC[C@H]2[C@@H]3CC=C4C(C)(C)[C@H](O)CC[C@]4(C)[C@H]3CC[C@@]21C. The van der Waals surface area contributed by atoms with Gasteiger partial charge in [-0.1, -0.05) is 57.9 Å². The zero-order valence-corrected chi connectivity index (χ0v) is 21.3. The molecule has 2 nitrogen and oxygen atoms in total. The molecule has 0 aromatic rings. The summed E-state index contributed by atoms with van der Waals surface area (Å²) in [6.07, 6.45) is 14.6. The first-order chi connectivity index (χ1) is 14.4. The van der Waals surface area contributed by atoms with Gasteiger partial charge >= 0.3 is 0 Å². The number of aliphatic hydroxyl groups excluding tert-OH is 1. The number of rotatable bonds is 4. The molecule has 0 bridgehead atoms. The van der Waals surface area contributed by atoms with Crippen molar-refractivity contribution in [2.45, 2.75) is 118 Å². The summed E-state index contributed by atoms with van der Waals surface area (Å²) in [4.78, 5) is 0. The van der Waals surface area contributed by atoms with Gasteiger partial charge in [-0.15, -0.1) is 0 Å². The maximum Gasteiger partial charge on any atom is 0.0729 e. The van der Waals surface area contributed by atoms with Gasteiger partial charge < -0.3 is 10.2 Å². The summed E-state index contributed by atoms with van der Waals surface area (Å²) < 4.78 is 0. The lowest BCUT2D eigenvalue weighted by atomic mass is 9.44. The first-order valence-electron chi connectivity index (χ1n) is 13.1. The van der Waals surface area contributed by atoms with Gasteiger partial charge in [0.25, 0.3) is 0 Å². The maximum atomic E-state index is 12.1. The topological polar surface area (TPSA) is 40.5 Å². The summed E-state index contributed by atoms with van der Waals surface area (Å²) in [6.45, 7) is 16.1. The van der Waals surface area contributed by atoms with Crippen LogP contribution in [0.4, 0.5) is 0 Å². The lowest BCUT2D eigenvalue weighted by Gasteiger charge is -2.62. The number of hydrogen-bond acceptors (Lipinski definition) is 2. The molecule has 0 amide bonds. The van der Waals surface area contributed by atoms with Gasteiger partial charge in [0.05, 0.1) is 11.7 Å². The lowest BCUT2D eigenvalue weighted by molar-refractivity contribution is -0.153. The highest BCUT2D eigenvalue weighted by Gasteiger charge is 2.65. The Labute approximate surface area is 191 Å². The molecular formula is C29H48O2. The Bertz CT molecular complexity index is 759.